The zero-order valence-electron chi connectivity index (χ0n) is 14.7. The molecule has 1 aromatic carbocycles. The van der Waals surface area contributed by atoms with E-state index >= 15 is 0 Å². The molecule has 1 N–H and O–H groups in total. The van der Waals surface area contributed by atoms with E-state index in [-0.39, 0.29) is 22.0 Å². The molecule has 0 radical (unpaired) electrons. The second-order valence-corrected chi connectivity index (χ2v) is 8.10. The molecule has 0 saturated carbocycles. The predicted octanol–water partition coefficient (Wildman–Crippen LogP) is 2.52. The molecule has 136 valence electrons. The van der Waals surface area contributed by atoms with Crippen molar-refractivity contribution >= 4 is 27.6 Å². The average Bonchev–Trinajstić information content (AvgIpc) is 2.50. The lowest BCUT2D eigenvalue weighted by Crippen LogP contribution is -2.42. The molecule has 24 heavy (non-hydrogen) atoms. The molecule has 0 bridgehead atoms. The molecule has 0 amide bonds. The molecule has 0 aromatic heterocycles. The Balaban J connectivity index is 2.91. The summed E-state index contributed by atoms with van der Waals surface area (Å²) >= 11 is 5.99. The van der Waals surface area contributed by atoms with Gasteiger partial charge in [-0.1, -0.05) is 11.6 Å². The van der Waals surface area contributed by atoms with E-state index in [0.29, 0.717) is 18.6 Å². The molecule has 0 aliphatic heterocycles. The monoisotopic (exact) mass is 376 g/mol. The Bertz CT molecular complexity index is 667. The molecule has 0 unspecified atom stereocenters. The maximum atomic E-state index is 12.5. The van der Waals surface area contributed by atoms with Crippen molar-refractivity contribution in [3.8, 4) is 0 Å². The van der Waals surface area contributed by atoms with Crippen LogP contribution in [-0.2, 0) is 14.8 Å². The molecule has 0 saturated heterocycles. The summed E-state index contributed by atoms with van der Waals surface area (Å²) in [6.07, 6.45) is 0. The summed E-state index contributed by atoms with van der Waals surface area (Å²) in [7, 11) is -2.59. The summed E-state index contributed by atoms with van der Waals surface area (Å²) in [5.41, 5.74) is 0.133. The SMILES string of the molecule is COC(=O)c1ccc(Cl)c(S(=O)(=O)NCCN(C(C)C)C(C)C)c1. The third-order valence-corrected chi connectivity index (χ3v) is 5.57. The van der Waals surface area contributed by atoms with E-state index in [2.05, 4.69) is 42.1 Å². The van der Waals surface area contributed by atoms with Gasteiger partial charge >= 0.3 is 5.97 Å². The van der Waals surface area contributed by atoms with E-state index in [1.165, 1.54) is 25.3 Å². The number of nitrogens with one attached hydrogen (secondary N) is 1. The first-order valence-corrected chi connectivity index (χ1v) is 9.59. The smallest absolute Gasteiger partial charge is 0.337 e. The number of esters is 1. The fourth-order valence-electron chi connectivity index (χ4n) is 2.45. The molecule has 0 atom stereocenters. The fourth-order valence-corrected chi connectivity index (χ4v) is 4.00. The minimum atomic E-state index is -3.82. The third-order valence-electron chi connectivity index (χ3n) is 3.63. The molecule has 0 spiro atoms. The van der Waals surface area contributed by atoms with Gasteiger partial charge in [0.25, 0.3) is 0 Å². The zero-order valence-corrected chi connectivity index (χ0v) is 16.2. The Morgan fingerprint density at radius 3 is 2.33 bits per heavy atom. The van der Waals surface area contributed by atoms with Gasteiger partial charge < -0.3 is 4.74 Å². The average molecular weight is 377 g/mol. The van der Waals surface area contributed by atoms with Crippen LogP contribution in [0.5, 0.6) is 0 Å². The molecule has 0 aliphatic carbocycles. The van der Waals surface area contributed by atoms with Gasteiger partial charge in [0.1, 0.15) is 4.90 Å². The summed E-state index contributed by atoms with van der Waals surface area (Å²) in [5, 5.41) is 0.0553. The molecule has 0 fully saturated rings. The van der Waals surface area contributed by atoms with E-state index in [1.807, 2.05) is 0 Å². The van der Waals surface area contributed by atoms with Crippen LogP contribution in [0.25, 0.3) is 0 Å². The fraction of sp³-hybridized carbons (Fsp3) is 0.562. The summed E-state index contributed by atoms with van der Waals surface area (Å²) in [6, 6.07) is 4.63. The Labute approximate surface area is 149 Å². The number of benzene rings is 1. The Kier molecular flexibility index (Phi) is 7.66. The van der Waals surface area contributed by atoms with Gasteiger partial charge in [-0.05, 0) is 45.9 Å². The van der Waals surface area contributed by atoms with Crippen LogP contribution in [0.15, 0.2) is 23.1 Å². The summed E-state index contributed by atoms with van der Waals surface area (Å²) in [5.74, 6) is -0.617. The van der Waals surface area contributed by atoms with Gasteiger partial charge in [-0.2, -0.15) is 0 Å². The largest absolute Gasteiger partial charge is 0.465 e. The van der Waals surface area contributed by atoms with E-state index in [4.69, 9.17) is 11.6 Å². The number of carbonyl (C=O) groups is 1. The van der Waals surface area contributed by atoms with Crippen molar-refractivity contribution in [1.82, 2.24) is 9.62 Å². The van der Waals surface area contributed by atoms with Gasteiger partial charge in [0.15, 0.2) is 0 Å². The van der Waals surface area contributed by atoms with Gasteiger partial charge in [0.2, 0.25) is 10.0 Å². The molecule has 6 nitrogen and oxygen atoms in total. The highest BCUT2D eigenvalue weighted by Gasteiger charge is 2.21. The van der Waals surface area contributed by atoms with Crippen molar-refractivity contribution < 1.29 is 17.9 Å². The van der Waals surface area contributed by atoms with Crippen LogP contribution in [0.1, 0.15) is 38.1 Å². The van der Waals surface area contributed by atoms with Gasteiger partial charge in [-0.15, -0.1) is 0 Å². The lowest BCUT2D eigenvalue weighted by Gasteiger charge is -2.30. The van der Waals surface area contributed by atoms with Crippen LogP contribution < -0.4 is 4.72 Å². The topological polar surface area (TPSA) is 75.7 Å². The van der Waals surface area contributed by atoms with Crippen LogP contribution in [0.2, 0.25) is 5.02 Å². The first-order valence-electron chi connectivity index (χ1n) is 7.73. The van der Waals surface area contributed by atoms with Gasteiger partial charge in [-0.3, -0.25) is 4.90 Å². The van der Waals surface area contributed by atoms with Crippen LogP contribution in [0, 0.1) is 0 Å². The Morgan fingerprint density at radius 1 is 1.25 bits per heavy atom. The maximum Gasteiger partial charge on any atom is 0.337 e. The maximum absolute atomic E-state index is 12.5. The third kappa shape index (κ3) is 5.44. The molecule has 1 rings (SSSR count). The quantitative estimate of drug-likeness (QED) is 0.705. The zero-order chi connectivity index (χ0) is 18.5. The Hall–Kier alpha value is -1.15. The molecular formula is C16H25ClN2O4S. The van der Waals surface area contributed by atoms with Crippen molar-refractivity contribution in [2.45, 2.75) is 44.7 Å². The highest BCUT2D eigenvalue weighted by atomic mass is 35.5. The minimum absolute atomic E-state index is 0.0553. The van der Waals surface area contributed by atoms with E-state index in [1.54, 1.807) is 0 Å². The van der Waals surface area contributed by atoms with E-state index < -0.39 is 16.0 Å². The minimum Gasteiger partial charge on any atom is -0.465 e. The van der Waals surface area contributed by atoms with Crippen LogP contribution in [0.4, 0.5) is 0 Å². The number of nitrogens with zero attached hydrogens (tertiary/aromatic N) is 1. The Morgan fingerprint density at radius 2 is 1.83 bits per heavy atom. The molecule has 0 aliphatic rings. The standard InChI is InChI=1S/C16H25ClN2O4S/c1-11(2)19(12(3)4)9-8-18-24(21,22)15-10-13(16(20)23-5)6-7-14(15)17/h6-7,10-12,18H,8-9H2,1-5H3. The number of methoxy groups -OCH3 is 1. The molecule has 0 heterocycles. The number of carbonyl (C=O) groups excluding carboxylic acids is 1. The molecule has 1 aromatic rings. The van der Waals surface area contributed by atoms with Crippen molar-refractivity contribution in [2.75, 3.05) is 20.2 Å². The van der Waals surface area contributed by atoms with Gasteiger partial charge in [0.05, 0.1) is 17.7 Å². The first-order chi connectivity index (χ1) is 11.1. The van der Waals surface area contributed by atoms with Crippen molar-refractivity contribution in [1.29, 1.82) is 0 Å². The number of ether oxygens (including phenoxy) is 1. The number of hydrogen-bond acceptors (Lipinski definition) is 5. The van der Waals surface area contributed by atoms with Crippen molar-refractivity contribution in [2.24, 2.45) is 0 Å². The van der Waals surface area contributed by atoms with Crippen molar-refractivity contribution in [3.05, 3.63) is 28.8 Å². The van der Waals surface area contributed by atoms with Crippen molar-refractivity contribution in [3.63, 3.8) is 0 Å². The van der Waals surface area contributed by atoms with Crippen LogP contribution in [-0.4, -0.2) is 51.6 Å². The molecular weight excluding hydrogens is 352 g/mol. The number of rotatable bonds is 8. The highest BCUT2D eigenvalue weighted by molar-refractivity contribution is 7.89. The second kappa shape index (κ2) is 8.80. The highest BCUT2D eigenvalue weighted by Crippen LogP contribution is 2.23. The predicted molar refractivity (Wildman–Crippen MR) is 95.0 cm³/mol. The first kappa shape index (κ1) is 20.9. The number of sulfonamides is 1. The second-order valence-electron chi connectivity index (χ2n) is 5.96. The molecule has 8 heteroatoms. The summed E-state index contributed by atoms with van der Waals surface area (Å²) < 4.78 is 32.1. The summed E-state index contributed by atoms with van der Waals surface area (Å²) in [4.78, 5) is 13.6. The van der Waals surface area contributed by atoms with Gasteiger partial charge in [0, 0.05) is 25.2 Å². The van der Waals surface area contributed by atoms with E-state index in [0.717, 1.165) is 0 Å². The van der Waals surface area contributed by atoms with Crippen LogP contribution in [0.3, 0.4) is 0 Å². The van der Waals surface area contributed by atoms with Gasteiger partial charge in [-0.25, -0.2) is 17.9 Å². The summed E-state index contributed by atoms with van der Waals surface area (Å²) in [6.45, 7) is 9.06. The number of halogens is 1. The lowest BCUT2D eigenvalue weighted by atomic mass is 10.2. The lowest BCUT2D eigenvalue weighted by molar-refractivity contribution is 0.0600. The normalized spacial score (nSPS) is 12.2. The van der Waals surface area contributed by atoms with Crippen LogP contribution >= 0.6 is 11.6 Å². The number of hydrogen-bond donors (Lipinski definition) is 1. The van der Waals surface area contributed by atoms with E-state index in [9.17, 15) is 13.2 Å².